The minimum Gasteiger partial charge on any atom is -0.409 e. The second kappa shape index (κ2) is 8.01. The summed E-state index contributed by atoms with van der Waals surface area (Å²) in [5.41, 5.74) is 7.95. The first kappa shape index (κ1) is 15.0. The molecule has 0 aliphatic heterocycles. The van der Waals surface area contributed by atoms with Gasteiger partial charge in [-0.25, -0.2) is 0 Å². The summed E-state index contributed by atoms with van der Waals surface area (Å²) in [6, 6.07) is 14.0. The zero-order valence-electron chi connectivity index (χ0n) is 11.8. The first-order valence-corrected chi connectivity index (χ1v) is 6.93. The number of amidine groups is 1. The van der Waals surface area contributed by atoms with Crippen LogP contribution in [0.4, 0.5) is 0 Å². The third-order valence-electron chi connectivity index (χ3n) is 3.27. The van der Waals surface area contributed by atoms with Gasteiger partial charge in [-0.15, -0.1) is 0 Å². The summed E-state index contributed by atoms with van der Waals surface area (Å²) < 4.78 is 0. The number of aromatic nitrogens is 1. The van der Waals surface area contributed by atoms with Crippen LogP contribution in [0.3, 0.4) is 0 Å². The van der Waals surface area contributed by atoms with Crippen LogP contribution in [-0.2, 0) is 6.42 Å². The van der Waals surface area contributed by atoms with E-state index in [0.717, 1.165) is 18.5 Å². The lowest BCUT2D eigenvalue weighted by Crippen LogP contribution is -2.28. The van der Waals surface area contributed by atoms with Gasteiger partial charge in [0.2, 0.25) is 0 Å². The maximum atomic E-state index is 8.76. The highest BCUT2D eigenvalue weighted by atomic mass is 16.4. The zero-order chi connectivity index (χ0) is 14.9. The molecule has 0 spiro atoms. The molecule has 1 unspecified atom stereocenters. The molecule has 1 atom stereocenters. The van der Waals surface area contributed by atoms with Crippen LogP contribution in [0, 0.1) is 0 Å². The van der Waals surface area contributed by atoms with Crippen LogP contribution in [0.2, 0.25) is 0 Å². The van der Waals surface area contributed by atoms with Crippen molar-refractivity contribution < 1.29 is 5.21 Å². The maximum Gasteiger partial charge on any atom is 0.141 e. The van der Waals surface area contributed by atoms with Crippen molar-refractivity contribution in [2.75, 3.05) is 6.54 Å². The second-order valence-corrected chi connectivity index (χ2v) is 4.82. The Hall–Kier alpha value is -2.40. The van der Waals surface area contributed by atoms with Crippen molar-refractivity contribution in [2.45, 2.75) is 18.9 Å². The predicted octanol–water partition coefficient (Wildman–Crippen LogP) is 2.09. The van der Waals surface area contributed by atoms with Crippen molar-refractivity contribution in [2.24, 2.45) is 10.9 Å². The molecule has 1 aromatic carbocycles. The van der Waals surface area contributed by atoms with E-state index in [1.54, 1.807) is 6.20 Å². The molecule has 1 aromatic heterocycles. The van der Waals surface area contributed by atoms with E-state index in [2.05, 4.69) is 21.5 Å². The maximum absolute atomic E-state index is 8.76. The minimum atomic E-state index is 0.0266. The van der Waals surface area contributed by atoms with E-state index in [0.29, 0.717) is 6.42 Å². The molecular weight excluding hydrogens is 264 g/mol. The van der Waals surface area contributed by atoms with E-state index in [4.69, 9.17) is 10.9 Å². The average molecular weight is 284 g/mol. The molecule has 0 amide bonds. The average Bonchev–Trinajstić information content (AvgIpc) is 2.55. The summed E-state index contributed by atoms with van der Waals surface area (Å²) >= 11 is 0. The van der Waals surface area contributed by atoms with Gasteiger partial charge in [-0.3, -0.25) is 4.98 Å². The van der Waals surface area contributed by atoms with Crippen LogP contribution in [0.15, 0.2) is 60.0 Å². The van der Waals surface area contributed by atoms with Crippen LogP contribution >= 0.6 is 0 Å². The van der Waals surface area contributed by atoms with Gasteiger partial charge in [-0.1, -0.05) is 41.6 Å². The van der Waals surface area contributed by atoms with Crippen molar-refractivity contribution in [1.82, 2.24) is 10.3 Å². The normalized spacial score (nSPS) is 13.0. The Kier molecular flexibility index (Phi) is 5.72. The topological polar surface area (TPSA) is 83.5 Å². The van der Waals surface area contributed by atoms with Crippen molar-refractivity contribution in [1.29, 1.82) is 0 Å². The Morgan fingerprint density at radius 3 is 2.71 bits per heavy atom. The summed E-state index contributed by atoms with van der Waals surface area (Å²) in [6.45, 7) is 0.796. The first-order chi connectivity index (χ1) is 10.3. The third-order valence-corrected chi connectivity index (χ3v) is 3.27. The van der Waals surface area contributed by atoms with Crippen LogP contribution in [0.1, 0.15) is 23.6 Å². The molecule has 0 saturated heterocycles. The molecule has 0 aliphatic carbocycles. The highest BCUT2D eigenvalue weighted by Crippen LogP contribution is 2.16. The molecule has 5 heteroatoms. The molecule has 21 heavy (non-hydrogen) atoms. The number of pyridine rings is 1. The molecule has 2 aromatic rings. The third kappa shape index (κ3) is 4.89. The lowest BCUT2D eigenvalue weighted by molar-refractivity contribution is 0.315. The molecule has 1 heterocycles. The van der Waals surface area contributed by atoms with E-state index >= 15 is 0 Å². The standard InChI is InChI=1S/C16H20N4O/c17-16(20-21)11-15(14-6-2-1-3-7-14)19-10-8-13-5-4-9-18-12-13/h1-7,9,12,15,19,21H,8,10-11H2,(H2,17,20). The van der Waals surface area contributed by atoms with E-state index in [1.165, 1.54) is 5.56 Å². The van der Waals surface area contributed by atoms with Gasteiger partial charge in [0.15, 0.2) is 0 Å². The second-order valence-electron chi connectivity index (χ2n) is 4.82. The van der Waals surface area contributed by atoms with Gasteiger partial charge in [0.1, 0.15) is 5.84 Å². The van der Waals surface area contributed by atoms with E-state index in [9.17, 15) is 0 Å². The Morgan fingerprint density at radius 2 is 2.05 bits per heavy atom. The molecule has 0 aliphatic rings. The number of rotatable bonds is 7. The summed E-state index contributed by atoms with van der Waals surface area (Å²) in [5, 5.41) is 15.3. The largest absolute Gasteiger partial charge is 0.409 e. The van der Waals surface area contributed by atoms with Crippen molar-refractivity contribution in [3.05, 3.63) is 66.0 Å². The number of hydrogen-bond donors (Lipinski definition) is 3. The molecule has 4 N–H and O–H groups in total. The number of nitrogens with one attached hydrogen (secondary N) is 1. The fourth-order valence-corrected chi connectivity index (χ4v) is 2.18. The predicted molar refractivity (Wildman–Crippen MR) is 83.2 cm³/mol. The van der Waals surface area contributed by atoms with Gasteiger partial charge in [-0.2, -0.15) is 0 Å². The smallest absolute Gasteiger partial charge is 0.141 e. The molecule has 0 fully saturated rings. The number of hydrogen-bond acceptors (Lipinski definition) is 4. The van der Waals surface area contributed by atoms with Gasteiger partial charge in [0.25, 0.3) is 0 Å². The summed E-state index contributed by atoms with van der Waals surface area (Å²) in [6.07, 6.45) is 4.98. The first-order valence-electron chi connectivity index (χ1n) is 6.93. The molecule has 0 bridgehead atoms. The quantitative estimate of drug-likeness (QED) is 0.315. The molecule has 110 valence electrons. The molecular formula is C16H20N4O. The monoisotopic (exact) mass is 284 g/mol. The fraction of sp³-hybridized carbons (Fsp3) is 0.250. The SMILES string of the molecule is NC(CC(NCCc1cccnc1)c1ccccc1)=NO. The van der Waals surface area contributed by atoms with Gasteiger partial charge in [-0.05, 0) is 30.2 Å². The summed E-state index contributed by atoms with van der Waals surface area (Å²) in [4.78, 5) is 4.10. The van der Waals surface area contributed by atoms with Gasteiger partial charge < -0.3 is 16.3 Å². The van der Waals surface area contributed by atoms with E-state index in [-0.39, 0.29) is 11.9 Å². The number of nitrogens with two attached hydrogens (primary N) is 1. The van der Waals surface area contributed by atoms with Gasteiger partial charge in [0, 0.05) is 24.9 Å². The minimum absolute atomic E-state index is 0.0266. The summed E-state index contributed by atoms with van der Waals surface area (Å²) in [5.74, 6) is 0.220. The van der Waals surface area contributed by atoms with Crippen LogP contribution in [-0.4, -0.2) is 22.6 Å². The van der Waals surface area contributed by atoms with Crippen molar-refractivity contribution in [3.63, 3.8) is 0 Å². The molecule has 2 rings (SSSR count). The number of benzene rings is 1. The van der Waals surface area contributed by atoms with Crippen LogP contribution < -0.4 is 11.1 Å². The van der Waals surface area contributed by atoms with Crippen LogP contribution in [0.5, 0.6) is 0 Å². The Bertz CT molecular complexity index is 557. The highest BCUT2D eigenvalue weighted by Gasteiger charge is 2.12. The van der Waals surface area contributed by atoms with Crippen molar-refractivity contribution >= 4 is 5.84 Å². The highest BCUT2D eigenvalue weighted by molar-refractivity contribution is 5.80. The van der Waals surface area contributed by atoms with E-state index in [1.807, 2.05) is 42.6 Å². The fourth-order valence-electron chi connectivity index (χ4n) is 2.18. The number of oxime groups is 1. The zero-order valence-corrected chi connectivity index (χ0v) is 11.8. The van der Waals surface area contributed by atoms with Crippen LogP contribution in [0.25, 0.3) is 0 Å². The number of nitrogens with zero attached hydrogens (tertiary/aromatic N) is 2. The molecule has 0 radical (unpaired) electrons. The molecule has 5 nitrogen and oxygen atoms in total. The molecule has 0 saturated carbocycles. The summed E-state index contributed by atoms with van der Waals surface area (Å²) in [7, 11) is 0. The van der Waals surface area contributed by atoms with Crippen molar-refractivity contribution in [3.8, 4) is 0 Å². The Labute approximate surface area is 124 Å². The van der Waals surface area contributed by atoms with Gasteiger partial charge in [0.05, 0.1) is 0 Å². The van der Waals surface area contributed by atoms with Gasteiger partial charge >= 0.3 is 0 Å². The lowest BCUT2D eigenvalue weighted by atomic mass is 10.0. The Balaban J connectivity index is 1.96. The van der Waals surface area contributed by atoms with E-state index < -0.39 is 0 Å². The lowest BCUT2D eigenvalue weighted by Gasteiger charge is -2.18. The Morgan fingerprint density at radius 1 is 1.24 bits per heavy atom.